The van der Waals surface area contributed by atoms with Crippen LogP contribution in [0.4, 0.5) is 0 Å². The summed E-state index contributed by atoms with van der Waals surface area (Å²) in [5.74, 6) is 0. The van der Waals surface area contributed by atoms with Crippen LogP contribution in [-0.4, -0.2) is 15.3 Å². The molecule has 0 radical (unpaired) electrons. The van der Waals surface area contributed by atoms with Crippen molar-refractivity contribution in [3.63, 3.8) is 0 Å². The molecule has 0 aromatic carbocycles. The lowest BCUT2D eigenvalue weighted by Crippen LogP contribution is -2.15. The second kappa shape index (κ2) is 3.81. The van der Waals surface area contributed by atoms with Gasteiger partial charge in [0.25, 0.3) is 0 Å². The molecule has 1 unspecified atom stereocenters. The molecule has 0 spiro atoms. The van der Waals surface area contributed by atoms with Crippen molar-refractivity contribution in [1.82, 2.24) is 10.2 Å². The minimum absolute atomic E-state index is 0.0950. The van der Waals surface area contributed by atoms with Crippen LogP contribution in [0.5, 0.6) is 0 Å². The summed E-state index contributed by atoms with van der Waals surface area (Å²) in [7, 11) is 0. The second-order valence-electron chi connectivity index (χ2n) is 4.33. The minimum Gasteiger partial charge on any atom is -0.387 e. The van der Waals surface area contributed by atoms with E-state index in [2.05, 4.69) is 10.2 Å². The highest BCUT2D eigenvalue weighted by molar-refractivity contribution is 5.26. The number of aromatic amines is 1. The molecule has 0 aliphatic heterocycles. The van der Waals surface area contributed by atoms with Crippen molar-refractivity contribution < 1.29 is 5.11 Å². The lowest BCUT2D eigenvalue weighted by Gasteiger charge is -2.19. The van der Waals surface area contributed by atoms with Crippen molar-refractivity contribution in [1.29, 1.82) is 5.26 Å². The standard InChI is InChI=1S/C10H15N3O/c1-10(2,3)9-7(6-12-13-9)8(14)4-5-11/h6,8,14H,4H2,1-3H3,(H,12,13). The molecule has 14 heavy (non-hydrogen) atoms. The molecule has 0 aliphatic rings. The smallest absolute Gasteiger partial charge is 0.0953 e. The fourth-order valence-corrected chi connectivity index (χ4v) is 1.35. The lowest BCUT2D eigenvalue weighted by atomic mass is 9.88. The van der Waals surface area contributed by atoms with E-state index in [1.165, 1.54) is 0 Å². The molecule has 4 nitrogen and oxygen atoms in total. The van der Waals surface area contributed by atoms with E-state index in [1.54, 1.807) is 6.20 Å². The van der Waals surface area contributed by atoms with Gasteiger partial charge in [0.1, 0.15) is 0 Å². The van der Waals surface area contributed by atoms with E-state index >= 15 is 0 Å². The highest BCUT2D eigenvalue weighted by Crippen LogP contribution is 2.28. The van der Waals surface area contributed by atoms with E-state index in [1.807, 2.05) is 26.8 Å². The quantitative estimate of drug-likeness (QED) is 0.750. The maximum absolute atomic E-state index is 9.67. The van der Waals surface area contributed by atoms with Crippen LogP contribution in [0.2, 0.25) is 0 Å². The minimum atomic E-state index is -0.743. The monoisotopic (exact) mass is 193 g/mol. The van der Waals surface area contributed by atoms with Crippen molar-refractivity contribution in [3.8, 4) is 6.07 Å². The molecule has 0 saturated carbocycles. The predicted octanol–water partition coefficient (Wildman–Crippen LogP) is 1.65. The van der Waals surface area contributed by atoms with Gasteiger partial charge in [0.05, 0.1) is 24.8 Å². The molecule has 4 heteroatoms. The van der Waals surface area contributed by atoms with Crippen LogP contribution in [0.15, 0.2) is 6.20 Å². The van der Waals surface area contributed by atoms with Gasteiger partial charge in [-0.05, 0) is 0 Å². The van der Waals surface area contributed by atoms with Gasteiger partial charge in [-0.25, -0.2) is 0 Å². The summed E-state index contributed by atoms with van der Waals surface area (Å²) in [4.78, 5) is 0. The molecule has 1 atom stereocenters. The number of hydrogen-bond donors (Lipinski definition) is 2. The maximum atomic E-state index is 9.67. The SMILES string of the molecule is CC(C)(C)c1[nH]ncc1C(O)CC#N. The highest BCUT2D eigenvalue weighted by Gasteiger charge is 2.23. The van der Waals surface area contributed by atoms with Crippen LogP contribution in [0.3, 0.4) is 0 Å². The largest absolute Gasteiger partial charge is 0.387 e. The number of aromatic nitrogens is 2. The highest BCUT2D eigenvalue weighted by atomic mass is 16.3. The third kappa shape index (κ3) is 2.12. The van der Waals surface area contributed by atoms with Gasteiger partial charge in [0, 0.05) is 16.7 Å². The Morgan fingerprint density at radius 3 is 2.79 bits per heavy atom. The molecule has 0 saturated heterocycles. The topological polar surface area (TPSA) is 72.7 Å². The van der Waals surface area contributed by atoms with Crippen LogP contribution >= 0.6 is 0 Å². The molecule has 0 aliphatic carbocycles. The van der Waals surface area contributed by atoms with Crippen molar-refractivity contribution >= 4 is 0 Å². The van der Waals surface area contributed by atoms with Crippen molar-refractivity contribution in [3.05, 3.63) is 17.5 Å². The van der Waals surface area contributed by atoms with E-state index in [4.69, 9.17) is 5.26 Å². The Labute approximate surface area is 83.6 Å². The summed E-state index contributed by atoms with van der Waals surface area (Å²) in [5.41, 5.74) is 1.52. The van der Waals surface area contributed by atoms with Gasteiger partial charge in [-0.2, -0.15) is 10.4 Å². The lowest BCUT2D eigenvalue weighted by molar-refractivity contribution is 0.181. The maximum Gasteiger partial charge on any atom is 0.0953 e. The first kappa shape index (κ1) is 10.7. The second-order valence-corrected chi connectivity index (χ2v) is 4.33. The molecule has 1 aromatic heterocycles. The Morgan fingerprint density at radius 2 is 2.29 bits per heavy atom. The Morgan fingerprint density at radius 1 is 1.64 bits per heavy atom. The van der Waals surface area contributed by atoms with Gasteiger partial charge in [-0.15, -0.1) is 0 Å². The first-order valence-electron chi connectivity index (χ1n) is 4.55. The Kier molecular flexibility index (Phi) is 2.92. The molecule has 0 bridgehead atoms. The predicted molar refractivity (Wildman–Crippen MR) is 52.5 cm³/mol. The molecule has 2 N–H and O–H groups in total. The van der Waals surface area contributed by atoms with Gasteiger partial charge in [-0.3, -0.25) is 5.10 Å². The van der Waals surface area contributed by atoms with Crippen LogP contribution in [0, 0.1) is 11.3 Å². The molecule has 1 rings (SSSR count). The average Bonchev–Trinajstić information content (AvgIpc) is 2.50. The molecule has 1 aromatic rings. The van der Waals surface area contributed by atoms with Gasteiger partial charge >= 0.3 is 0 Å². The fraction of sp³-hybridized carbons (Fsp3) is 0.600. The summed E-state index contributed by atoms with van der Waals surface area (Å²) >= 11 is 0. The summed E-state index contributed by atoms with van der Waals surface area (Å²) in [6, 6.07) is 1.94. The molecule has 76 valence electrons. The summed E-state index contributed by atoms with van der Waals surface area (Å²) in [5, 5.41) is 24.9. The van der Waals surface area contributed by atoms with Crippen LogP contribution in [-0.2, 0) is 5.41 Å². The first-order valence-corrected chi connectivity index (χ1v) is 4.55. The van der Waals surface area contributed by atoms with Gasteiger partial charge in [0.15, 0.2) is 0 Å². The zero-order chi connectivity index (χ0) is 10.8. The zero-order valence-corrected chi connectivity index (χ0v) is 8.70. The Balaban J connectivity index is 3.00. The van der Waals surface area contributed by atoms with Crippen molar-refractivity contribution in [2.75, 3.05) is 0 Å². The number of nitriles is 1. The van der Waals surface area contributed by atoms with E-state index in [-0.39, 0.29) is 11.8 Å². The third-order valence-corrected chi connectivity index (χ3v) is 2.06. The van der Waals surface area contributed by atoms with E-state index in [0.717, 1.165) is 11.3 Å². The third-order valence-electron chi connectivity index (χ3n) is 2.06. The number of rotatable bonds is 2. The number of hydrogen-bond acceptors (Lipinski definition) is 3. The number of H-pyrrole nitrogens is 1. The molecule has 0 amide bonds. The van der Waals surface area contributed by atoms with Crippen molar-refractivity contribution in [2.24, 2.45) is 0 Å². The molecule has 0 fully saturated rings. The van der Waals surface area contributed by atoms with Crippen LogP contribution in [0.25, 0.3) is 0 Å². The zero-order valence-electron chi connectivity index (χ0n) is 8.70. The van der Waals surface area contributed by atoms with Crippen molar-refractivity contribution in [2.45, 2.75) is 38.7 Å². The first-order chi connectivity index (χ1) is 6.46. The Bertz CT molecular complexity index is 343. The fourth-order valence-electron chi connectivity index (χ4n) is 1.35. The number of nitrogens with zero attached hydrogens (tertiary/aromatic N) is 2. The summed E-state index contributed by atoms with van der Waals surface area (Å²) in [6.07, 6.45) is 0.943. The molecule has 1 heterocycles. The summed E-state index contributed by atoms with van der Waals surface area (Å²) < 4.78 is 0. The van der Waals surface area contributed by atoms with Gasteiger partial charge in [0.2, 0.25) is 0 Å². The van der Waals surface area contributed by atoms with Gasteiger partial charge < -0.3 is 5.11 Å². The number of aliphatic hydroxyl groups is 1. The summed E-state index contributed by atoms with van der Waals surface area (Å²) in [6.45, 7) is 6.09. The Hall–Kier alpha value is -1.34. The van der Waals surface area contributed by atoms with E-state index < -0.39 is 6.10 Å². The normalized spacial score (nSPS) is 13.6. The number of aliphatic hydroxyl groups excluding tert-OH is 1. The van der Waals surface area contributed by atoms with Gasteiger partial charge in [-0.1, -0.05) is 20.8 Å². The van der Waals surface area contributed by atoms with E-state index in [0.29, 0.717) is 0 Å². The van der Waals surface area contributed by atoms with Crippen LogP contribution in [0.1, 0.15) is 44.6 Å². The van der Waals surface area contributed by atoms with Crippen LogP contribution < -0.4 is 0 Å². The molecular weight excluding hydrogens is 178 g/mol. The molecular formula is C10H15N3O. The number of nitrogens with one attached hydrogen (secondary N) is 1. The average molecular weight is 193 g/mol. The van der Waals surface area contributed by atoms with E-state index in [9.17, 15) is 5.11 Å².